The fraction of sp³-hybridized carbons (Fsp3) is 0.625. The number of aryl methyl sites for hydroxylation is 1. The normalized spacial score (nSPS) is 12.4. The standard InChI is InChI=1S/C16H26BrNO3/c1-3-4-8-20-9-7-18-11-14(19)12-21-16-6-5-13(2)10-15(16)17/h5-6,10,14,18-19H,3-4,7-9,11-12H2,1-2H3. The quantitative estimate of drug-likeness (QED) is 0.596. The lowest BCUT2D eigenvalue weighted by atomic mass is 10.2. The molecule has 0 fully saturated rings. The van der Waals surface area contributed by atoms with E-state index in [0.717, 1.165) is 36.2 Å². The van der Waals surface area contributed by atoms with E-state index < -0.39 is 6.10 Å². The molecule has 2 N–H and O–H groups in total. The molecule has 1 unspecified atom stereocenters. The van der Waals surface area contributed by atoms with Gasteiger partial charge in [-0.05, 0) is 47.0 Å². The summed E-state index contributed by atoms with van der Waals surface area (Å²) in [5.74, 6) is 0.752. The second kappa shape index (κ2) is 11.0. The van der Waals surface area contributed by atoms with Crippen molar-refractivity contribution in [3.63, 3.8) is 0 Å². The molecule has 1 aromatic rings. The van der Waals surface area contributed by atoms with E-state index in [1.54, 1.807) is 0 Å². The predicted molar refractivity (Wildman–Crippen MR) is 89.0 cm³/mol. The Labute approximate surface area is 136 Å². The first kappa shape index (κ1) is 18.4. The molecule has 0 amide bonds. The summed E-state index contributed by atoms with van der Waals surface area (Å²) in [6.07, 6.45) is 1.72. The first-order valence-electron chi connectivity index (χ1n) is 7.49. The van der Waals surface area contributed by atoms with Crippen molar-refractivity contribution >= 4 is 15.9 Å². The molecule has 0 aliphatic carbocycles. The monoisotopic (exact) mass is 359 g/mol. The van der Waals surface area contributed by atoms with Gasteiger partial charge < -0.3 is 19.9 Å². The van der Waals surface area contributed by atoms with E-state index in [1.165, 1.54) is 5.56 Å². The molecule has 0 aliphatic rings. The highest BCUT2D eigenvalue weighted by Gasteiger charge is 2.07. The third kappa shape index (κ3) is 8.41. The van der Waals surface area contributed by atoms with E-state index in [4.69, 9.17) is 9.47 Å². The summed E-state index contributed by atoms with van der Waals surface area (Å²) < 4.78 is 11.9. The molecule has 4 nitrogen and oxygen atoms in total. The number of aliphatic hydroxyl groups excluding tert-OH is 1. The molecule has 1 rings (SSSR count). The first-order chi connectivity index (χ1) is 10.1. The number of aliphatic hydroxyl groups is 1. The molecular weight excluding hydrogens is 334 g/mol. The van der Waals surface area contributed by atoms with Gasteiger partial charge in [0, 0.05) is 19.7 Å². The van der Waals surface area contributed by atoms with Crippen molar-refractivity contribution in [1.82, 2.24) is 5.32 Å². The van der Waals surface area contributed by atoms with Crippen molar-refractivity contribution < 1.29 is 14.6 Å². The molecule has 120 valence electrons. The van der Waals surface area contributed by atoms with Crippen molar-refractivity contribution in [2.24, 2.45) is 0 Å². The lowest BCUT2D eigenvalue weighted by molar-refractivity contribution is 0.0979. The van der Waals surface area contributed by atoms with Crippen molar-refractivity contribution in [1.29, 1.82) is 0 Å². The molecule has 1 atom stereocenters. The van der Waals surface area contributed by atoms with Crippen molar-refractivity contribution in [2.45, 2.75) is 32.8 Å². The van der Waals surface area contributed by atoms with Gasteiger partial charge in [0.05, 0.1) is 11.1 Å². The van der Waals surface area contributed by atoms with Crippen LogP contribution < -0.4 is 10.1 Å². The summed E-state index contributed by atoms with van der Waals surface area (Å²) in [4.78, 5) is 0. The average Bonchev–Trinajstić information content (AvgIpc) is 2.45. The smallest absolute Gasteiger partial charge is 0.133 e. The highest BCUT2D eigenvalue weighted by molar-refractivity contribution is 9.10. The van der Waals surface area contributed by atoms with E-state index >= 15 is 0 Å². The Hall–Kier alpha value is -0.620. The molecule has 5 heteroatoms. The minimum atomic E-state index is -0.533. The van der Waals surface area contributed by atoms with Crippen LogP contribution >= 0.6 is 15.9 Å². The van der Waals surface area contributed by atoms with Crippen LogP contribution in [0.3, 0.4) is 0 Å². The maximum atomic E-state index is 9.85. The lowest BCUT2D eigenvalue weighted by Gasteiger charge is -2.14. The van der Waals surface area contributed by atoms with Crippen LogP contribution in [0.25, 0.3) is 0 Å². The SMILES string of the molecule is CCCCOCCNCC(O)COc1ccc(C)cc1Br. The van der Waals surface area contributed by atoms with Gasteiger partial charge in [-0.2, -0.15) is 0 Å². The fourth-order valence-corrected chi connectivity index (χ4v) is 2.34. The van der Waals surface area contributed by atoms with Crippen molar-refractivity contribution in [3.05, 3.63) is 28.2 Å². The molecule has 0 saturated carbocycles. The van der Waals surface area contributed by atoms with Crippen LogP contribution in [0.5, 0.6) is 5.75 Å². The minimum absolute atomic E-state index is 0.269. The molecule has 0 aromatic heterocycles. The van der Waals surface area contributed by atoms with Crippen LogP contribution in [-0.2, 0) is 4.74 Å². The number of nitrogens with one attached hydrogen (secondary N) is 1. The van der Waals surface area contributed by atoms with Gasteiger partial charge in [-0.1, -0.05) is 19.4 Å². The third-order valence-electron chi connectivity index (χ3n) is 2.96. The van der Waals surface area contributed by atoms with E-state index in [9.17, 15) is 5.11 Å². The number of benzene rings is 1. The van der Waals surface area contributed by atoms with E-state index in [0.29, 0.717) is 13.2 Å². The molecule has 0 aliphatic heterocycles. The Bertz CT molecular complexity index is 401. The highest BCUT2D eigenvalue weighted by Crippen LogP contribution is 2.25. The predicted octanol–water partition coefficient (Wildman–Crippen LogP) is 2.90. The van der Waals surface area contributed by atoms with Gasteiger partial charge in [0.1, 0.15) is 18.5 Å². The first-order valence-corrected chi connectivity index (χ1v) is 8.28. The molecule has 0 spiro atoms. The summed E-state index contributed by atoms with van der Waals surface area (Å²) >= 11 is 3.45. The van der Waals surface area contributed by atoms with Crippen LogP contribution in [0.15, 0.2) is 22.7 Å². The number of ether oxygens (including phenoxy) is 2. The zero-order valence-corrected chi connectivity index (χ0v) is 14.5. The number of unbranched alkanes of at least 4 members (excludes halogenated alkanes) is 1. The molecular formula is C16H26BrNO3. The second-order valence-corrected chi connectivity index (χ2v) is 5.92. The zero-order chi connectivity index (χ0) is 15.5. The Balaban J connectivity index is 2.09. The van der Waals surface area contributed by atoms with Crippen LogP contribution in [0.4, 0.5) is 0 Å². The van der Waals surface area contributed by atoms with Crippen LogP contribution in [0, 0.1) is 6.92 Å². The summed E-state index contributed by atoms with van der Waals surface area (Å²) in [5.41, 5.74) is 1.17. The maximum Gasteiger partial charge on any atom is 0.133 e. The van der Waals surface area contributed by atoms with Gasteiger partial charge in [0.25, 0.3) is 0 Å². The van der Waals surface area contributed by atoms with Crippen molar-refractivity contribution in [3.8, 4) is 5.75 Å². The summed E-state index contributed by atoms with van der Waals surface area (Å²) in [6, 6.07) is 5.88. The Kier molecular flexibility index (Phi) is 9.67. The van der Waals surface area contributed by atoms with Gasteiger partial charge in [-0.15, -0.1) is 0 Å². The maximum absolute atomic E-state index is 9.85. The van der Waals surface area contributed by atoms with Gasteiger partial charge in [-0.3, -0.25) is 0 Å². The van der Waals surface area contributed by atoms with Crippen LogP contribution in [0.2, 0.25) is 0 Å². The Morgan fingerprint density at radius 2 is 2.14 bits per heavy atom. The van der Waals surface area contributed by atoms with Gasteiger partial charge in [-0.25, -0.2) is 0 Å². The fourth-order valence-electron chi connectivity index (χ4n) is 1.73. The number of rotatable bonds is 11. The topological polar surface area (TPSA) is 50.7 Å². The Morgan fingerprint density at radius 1 is 1.33 bits per heavy atom. The average molecular weight is 360 g/mol. The largest absolute Gasteiger partial charge is 0.490 e. The number of halogens is 1. The number of hydrogen-bond donors (Lipinski definition) is 2. The molecule has 0 bridgehead atoms. The highest BCUT2D eigenvalue weighted by atomic mass is 79.9. The Morgan fingerprint density at radius 3 is 2.86 bits per heavy atom. The molecule has 0 saturated heterocycles. The molecule has 0 radical (unpaired) electrons. The van der Waals surface area contributed by atoms with Crippen LogP contribution in [0.1, 0.15) is 25.3 Å². The van der Waals surface area contributed by atoms with Gasteiger partial charge >= 0.3 is 0 Å². The number of hydrogen-bond acceptors (Lipinski definition) is 4. The lowest BCUT2D eigenvalue weighted by Crippen LogP contribution is -2.33. The summed E-state index contributed by atoms with van der Waals surface area (Å²) in [5, 5.41) is 13.0. The van der Waals surface area contributed by atoms with Crippen LogP contribution in [-0.4, -0.2) is 44.1 Å². The molecule has 1 aromatic carbocycles. The van der Waals surface area contributed by atoms with Gasteiger partial charge in [0.2, 0.25) is 0 Å². The van der Waals surface area contributed by atoms with E-state index in [1.807, 2.05) is 25.1 Å². The summed E-state index contributed by atoms with van der Waals surface area (Å²) in [6.45, 7) is 7.17. The van der Waals surface area contributed by atoms with Crippen molar-refractivity contribution in [2.75, 3.05) is 32.9 Å². The van der Waals surface area contributed by atoms with E-state index in [2.05, 4.69) is 28.2 Å². The second-order valence-electron chi connectivity index (χ2n) is 5.07. The van der Waals surface area contributed by atoms with E-state index in [-0.39, 0.29) is 6.61 Å². The molecule has 21 heavy (non-hydrogen) atoms. The summed E-state index contributed by atoms with van der Waals surface area (Å²) in [7, 11) is 0. The van der Waals surface area contributed by atoms with Gasteiger partial charge in [0.15, 0.2) is 0 Å². The zero-order valence-electron chi connectivity index (χ0n) is 12.9. The molecule has 0 heterocycles. The minimum Gasteiger partial charge on any atom is -0.490 e. The third-order valence-corrected chi connectivity index (χ3v) is 3.58.